The average molecular weight is 309 g/mol. The summed E-state index contributed by atoms with van der Waals surface area (Å²) in [4.78, 5) is 11.0. The van der Waals surface area contributed by atoms with Gasteiger partial charge in [-0.25, -0.2) is 13.6 Å². The summed E-state index contributed by atoms with van der Waals surface area (Å²) in [6, 6.07) is 2.70. The lowest BCUT2D eigenvalue weighted by Gasteiger charge is -2.29. The van der Waals surface area contributed by atoms with Gasteiger partial charge in [0, 0.05) is 17.5 Å². The molecule has 0 amide bonds. The maximum Gasteiger partial charge on any atom is 0.335 e. The summed E-state index contributed by atoms with van der Waals surface area (Å²) < 4.78 is 31.9. The van der Waals surface area contributed by atoms with Crippen molar-refractivity contribution in [2.45, 2.75) is 19.0 Å². The normalized spacial score (nSPS) is 18.4. The van der Waals surface area contributed by atoms with Crippen LogP contribution in [0, 0.1) is 0 Å². The van der Waals surface area contributed by atoms with Crippen molar-refractivity contribution in [1.29, 1.82) is 0 Å². The molecule has 0 bridgehead atoms. The lowest BCUT2D eigenvalue weighted by Crippen LogP contribution is -2.41. The summed E-state index contributed by atoms with van der Waals surface area (Å²) >= 11 is 11.6. The highest BCUT2D eigenvalue weighted by Crippen LogP contribution is 2.40. The van der Waals surface area contributed by atoms with Gasteiger partial charge in [0.15, 0.2) is 6.10 Å². The van der Waals surface area contributed by atoms with Crippen LogP contribution in [0.5, 0.6) is 5.75 Å². The Labute approximate surface area is 117 Å². The molecule has 0 saturated heterocycles. The van der Waals surface area contributed by atoms with Crippen LogP contribution < -0.4 is 4.74 Å². The fraction of sp³-hybridized carbons (Fsp3) is 0.250. The minimum absolute atomic E-state index is 0.0361. The molecule has 102 valence electrons. The zero-order valence-corrected chi connectivity index (χ0v) is 11.1. The van der Waals surface area contributed by atoms with Crippen LogP contribution in [0.4, 0.5) is 8.78 Å². The minimum Gasteiger partial charge on any atom is -0.478 e. The molecule has 1 aromatic carbocycles. The van der Waals surface area contributed by atoms with E-state index in [9.17, 15) is 13.6 Å². The van der Waals surface area contributed by atoms with Crippen LogP contribution in [-0.2, 0) is 4.79 Å². The first kappa shape index (κ1) is 14.1. The number of fused-ring (bicyclic) bond motifs is 1. The van der Waals surface area contributed by atoms with Gasteiger partial charge in [0.1, 0.15) is 5.75 Å². The molecule has 1 aromatic rings. The molecule has 19 heavy (non-hydrogen) atoms. The van der Waals surface area contributed by atoms with Crippen LogP contribution >= 0.6 is 23.2 Å². The van der Waals surface area contributed by atoms with E-state index in [0.717, 1.165) is 6.08 Å². The number of hydrogen-bond acceptors (Lipinski definition) is 2. The first-order chi connectivity index (χ1) is 8.70. The lowest BCUT2D eigenvalue weighted by molar-refractivity contribution is -0.137. The molecule has 0 aliphatic carbocycles. The quantitative estimate of drug-likeness (QED) is 0.902. The van der Waals surface area contributed by atoms with Crippen molar-refractivity contribution in [2.75, 3.05) is 0 Å². The van der Waals surface area contributed by atoms with Crippen molar-refractivity contribution in [3.05, 3.63) is 33.3 Å². The van der Waals surface area contributed by atoms with Crippen LogP contribution in [0.15, 0.2) is 17.7 Å². The van der Waals surface area contributed by atoms with Gasteiger partial charge < -0.3 is 9.84 Å². The highest BCUT2D eigenvalue weighted by atomic mass is 35.5. The number of carboxylic acid groups (broad SMARTS) is 1. The summed E-state index contributed by atoms with van der Waals surface area (Å²) in [6.07, 6.45) is -0.797. The standard InChI is InChI=1S/C12H8Cl2F2O3/c1-12(15,16)10-7(11(17)18)4-6-8(14)2-5(13)3-9(6)19-10/h2-4,10H,1H3,(H,17,18). The van der Waals surface area contributed by atoms with Crippen molar-refractivity contribution in [2.24, 2.45) is 0 Å². The van der Waals surface area contributed by atoms with Crippen LogP contribution in [0.1, 0.15) is 12.5 Å². The van der Waals surface area contributed by atoms with E-state index in [2.05, 4.69) is 0 Å². The Kier molecular flexibility index (Phi) is 3.45. The molecule has 1 atom stereocenters. The molecular formula is C12H8Cl2F2O3. The predicted molar refractivity (Wildman–Crippen MR) is 67.1 cm³/mol. The number of alkyl halides is 2. The minimum atomic E-state index is -3.35. The van der Waals surface area contributed by atoms with E-state index in [0.29, 0.717) is 6.92 Å². The van der Waals surface area contributed by atoms with Crippen LogP contribution in [-0.4, -0.2) is 23.1 Å². The first-order valence-electron chi connectivity index (χ1n) is 5.18. The highest BCUT2D eigenvalue weighted by molar-refractivity contribution is 6.36. The van der Waals surface area contributed by atoms with E-state index in [4.69, 9.17) is 33.0 Å². The molecule has 0 aromatic heterocycles. The van der Waals surface area contributed by atoms with Crippen LogP contribution in [0.3, 0.4) is 0 Å². The average Bonchev–Trinajstić information content (AvgIpc) is 2.25. The van der Waals surface area contributed by atoms with Gasteiger partial charge in [0.25, 0.3) is 5.92 Å². The van der Waals surface area contributed by atoms with Crippen molar-refractivity contribution >= 4 is 35.2 Å². The van der Waals surface area contributed by atoms with Gasteiger partial charge >= 0.3 is 5.97 Å². The summed E-state index contributed by atoms with van der Waals surface area (Å²) in [5.74, 6) is -4.80. The second-order valence-electron chi connectivity index (χ2n) is 4.16. The third kappa shape index (κ3) is 2.67. The summed E-state index contributed by atoms with van der Waals surface area (Å²) in [6.45, 7) is 0.589. The Morgan fingerprint density at radius 1 is 1.42 bits per heavy atom. The fourth-order valence-electron chi connectivity index (χ4n) is 1.77. The molecule has 0 saturated carbocycles. The predicted octanol–water partition coefficient (Wildman–Crippen LogP) is 3.88. The van der Waals surface area contributed by atoms with E-state index in [1.165, 1.54) is 12.1 Å². The molecular weight excluding hydrogens is 301 g/mol. The van der Waals surface area contributed by atoms with Gasteiger partial charge in [-0.05, 0) is 18.2 Å². The maximum absolute atomic E-state index is 13.4. The molecule has 1 aliphatic heterocycles. The molecule has 0 radical (unpaired) electrons. The molecule has 1 aliphatic rings. The van der Waals surface area contributed by atoms with Crippen molar-refractivity contribution in [3.63, 3.8) is 0 Å². The smallest absolute Gasteiger partial charge is 0.335 e. The number of halogens is 4. The topological polar surface area (TPSA) is 46.5 Å². The Balaban J connectivity index is 2.61. The Morgan fingerprint density at radius 2 is 2.05 bits per heavy atom. The zero-order valence-electron chi connectivity index (χ0n) is 9.58. The largest absolute Gasteiger partial charge is 0.478 e. The van der Waals surface area contributed by atoms with Gasteiger partial charge in [-0.3, -0.25) is 0 Å². The highest BCUT2D eigenvalue weighted by Gasteiger charge is 2.44. The molecule has 7 heteroatoms. The number of hydrogen-bond donors (Lipinski definition) is 1. The Bertz CT molecular complexity index is 579. The molecule has 1 unspecified atom stereocenters. The lowest BCUT2D eigenvalue weighted by atomic mass is 9.98. The molecule has 1 heterocycles. The molecule has 0 fully saturated rings. The van der Waals surface area contributed by atoms with Gasteiger partial charge in [-0.1, -0.05) is 23.2 Å². The SMILES string of the molecule is CC(F)(F)C1Oc2cc(Cl)cc(Cl)c2C=C1C(=O)O. The van der Waals surface area contributed by atoms with Crippen LogP contribution in [0.25, 0.3) is 6.08 Å². The number of benzene rings is 1. The van der Waals surface area contributed by atoms with E-state index < -0.39 is 23.6 Å². The van der Waals surface area contributed by atoms with Crippen molar-refractivity contribution in [3.8, 4) is 5.75 Å². The summed E-state index contributed by atoms with van der Waals surface area (Å²) in [7, 11) is 0. The van der Waals surface area contributed by atoms with E-state index in [-0.39, 0.29) is 21.4 Å². The van der Waals surface area contributed by atoms with E-state index >= 15 is 0 Å². The third-order valence-electron chi connectivity index (χ3n) is 2.59. The number of rotatable bonds is 2. The third-order valence-corrected chi connectivity index (χ3v) is 3.12. The molecule has 3 nitrogen and oxygen atoms in total. The Hall–Kier alpha value is -1.33. The van der Waals surface area contributed by atoms with Gasteiger partial charge in [-0.2, -0.15) is 0 Å². The Morgan fingerprint density at radius 3 is 2.58 bits per heavy atom. The first-order valence-corrected chi connectivity index (χ1v) is 5.94. The summed E-state index contributed by atoms with van der Waals surface area (Å²) in [5, 5.41) is 9.35. The number of ether oxygens (including phenoxy) is 1. The maximum atomic E-state index is 13.4. The van der Waals surface area contributed by atoms with Gasteiger partial charge in [0.2, 0.25) is 0 Å². The fourth-order valence-corrected chi connectivity index (χ4v) is 2.30. The van der Waals surface area contributed by atoms with Crippen molar-refractivity contribution < 1.29 is 23.4 Å². The van der Waals surface area contributed by atoms with E-state index in [1.54, 1.807) is 0 Å². The van der Waals surface area contributed by atoms with Gasteiger partial charge in [0.05, 0.1) is 10.6 Å². The number of carboxylic acids is 1. The molecule has 0 spiro atoms. The summed E-state index contributed by atoms with van der Waals surface area (Å²) in [5.41, 5.74) is -0.326. The van der Waals surface area contributed by atoms with Crippen LogP contribution in [0.2, 0.25) is 10.0 Å². The monoisotopic (exact) mass is 308 g/mol. The second kappa shape index (κ2) is 4.65. The molecule has 1 N–H and O–H groups in total. The number of carbonyl (C=O) groups is 1. The second-order valence-corrected chi connectivity index (χ2v) is 5.00. The zero-order chi connectivity index (χ0) is 14.4. The molecule has 2 rings (SSSR count). The van der Waals surface area contributed by atoms with Crippen molar-refractivity contribution in [1.82, 2.24) is 0 Å². The van der Waals surface area contributed by atoms with Gasteiger partial charge in [-0.15, -0.1) is 0 Å². The number of aliphatic carboxylic acids is 1. The van der Waals surface area contributed by atoms with E-state index in [1.807, 2.05) is 0 Å².